The lowest BCUT2D eigenvalue weighted by Crippen LogP contribution is -2.29. The molecule has 0 bridgehead atoms. The van der Waals surface area contributed by atoms with Crippen molar-refractivity contribution in [2.45, 2.75) is 19.8 Å². The van der Waals surface area contributed by atoms with Crippen molar-refractivity contribution in [2.75, 3.05) is 18.5 Å². The molecule has 0 spiro atoms. The largest absolute Gasteiger partial charge is 0.469 e. The Hall–Kier alpha value is -2.45. The minimum atomic E-state index is -1.02. The van der Waals surface area contributed by atoms with Gasteiger partial charge in [0, 0.05) is 18.2 Å². The zero-order chi connectivity index (χ0) is 16.9. The van der Waals surface area contributed by atoms with E-state index in [1.165, 1.54) is 11.7 Å². The van der Waals surface area contributed by atoms with Gasteiger partial charge in [0.1, 0.15) is 17.7 Å². The van der Waals surface area contributed by atoms with Crippen LogP contribution in [0.25, 0.3) is 0 Å². The summed E-state index contributed by atoms with van der Waals surface area (Å²) in [6.45, 7) is 3.25. The summed E-state index contributed by atoms with van der Waals surface area (Å²) in [5.41, 5.74) is -0.630. The fourth-order valence-corrected chi connectivity index (χ4v) is 2.09. The van der Waals surface area contributed by atoms with Gasteiger partial charge in [-0.1, -0.05) is 0 Å². The zero-order valence-electron chi connectivity index (χ0n) is 12.4. The molecule has 0 aliphatic carbocycles. The van der Waals surface area contributed by atoms with Gasteiger partial charge in [-0.3, -0.25) is 14.9 Å². The Morgan fingerprint density at radius 3 is 2.68 bits per heavy atom. The van der Waals surface area contributed by atoms with E-state index in [1.807, 2.05) is 0 Å². The number of halogens is 1. The quantitative estimate of drug-likeness (QED) is 0.250. The molecular formula is C13H15BFN2O5. The Morgan fingerprint density at radius 1 is 1.59 bits per heavy atom. The van der Waals surface area contributed by atoms with E-state index in [1.54, 1.807) is 6.92 Å². The SMILES string of the molecule is CCN([B]C=O)c1cc(F)cc(C(C)C(=O)OC)c1[N+](=O)[O-]. The van der Waals surface area contributed by atoms with Crippen LogP contribution in [0, 0.1) is 15.9 Å². The smallest absolute Gasteiger partial charge is 0.329 e. The molecular weight excluding hydrogens is 294 g/mol. The molecule has 0 amide bonds. The van der Waals surface area contributed by atoms with Crippen LogP contribution in [-0.2, 0) is 14.3 Å². The number of carbonyl (C=O) groups is 2. The van der Waals surface area contributed by atoms with Crippen LogP contribution in [0.15, 0.2) is 12.1 Å². The van der Waals surface area contributed by atoms with E-state index in [9.17, 15) is 24.1 Å². The van der Waals surface area contributed by atoms with Gasteiger partial charge >= 0.3 is 13.4 Å². The molecule has 7 nitrogen and oxygen atoms in total. The predicted molar refractivity (Wildman–Crippen MR) is 79.0 cm³/mol. The van der Waals surface area contributed by atoms with E-state index < -0.39 is 28.3 Å². The molecule has 1 unspecified atom stereocenters. The highest BCUT2D eigenvalue weighted by molar-refractivity contribution is 6.70. The lowest BCUT2D eigenvalue weighted by atomic mass is 9.90. The number of rotatable bonds is 7. The van der Waals surface area contributed by atoms with Crippen LogP contribution in [0.2, 0.25) is 0 Å². The molecule has 1 aromatic carbocycles. The Morgan fingerprint density at radius 2 is 2.23 bits per heavy atom. The summed E-state index contributed by atoms with van der Waals surface area (Å²) in [4.78, 5) is 34.2. The molecule has 1 aromatic rings. The van der Waals surface area contributed by atoms with Crippen LogP contribution in [-0.4, -0.2) is 38.1 Å². The normalized spacial score (nSPS) is 11.5. The second kappa shape index (κ2) is 7.53. The maximum Gasteiger partial charge on any atom is 0.329 e. The number of ether oxygens (including phenoxy) is 1. The maximum absolute atomic E-state index is 13.8. The molecule has 0 saturated carbocycles. The predicted octanol–water partition coefficient (Wildman–Crippen LogP) is 1.65. The Labute approximate surface area is 127 Å². The number of methoxy groups -OCH3 is 1. The van der Waals surface area contributed by atoms with Crippen molar-refractivity contribution in [3.63, 3.8) is 0 Å². The van der Waals surface area contributed by atoms with Crippen molar-refractivity contribution in [1.82, 2.24) is 0 Å². The molecule has 0 aromatic heterocycles. The molecule has 22 heavy (non-hydrogen) atoms. The number of carbonyl (C=O) groups excluding carboxylic acids is 2. The van der Waals surface area contributed by atoms with Crippen LogP contribution in [0.1, 0.15) is 25.3 Å². The third-order valence-corrected chi connectivity index (χ3v) is 3.18. The van der Waals surface area contributed by atoms with E-state index in [-0.39, 0.29) is 17.8 Å². The van der Waals surface area contributed by atoms with Crippen LogP contribution in [0.3, 0.4) is 0 Å². The second-order valence-corrected chi connectivity index (χ2v) is 4.44. The number of anilines is 1. The highest BCUT2D eigenvalue weighted by Gasteiger charge is 2.31. The summed E-state index contributed by atoms with van der Waals surface area (Å²) in [7, 11) is 2.21. The van der Waals surface area contributed by atoms with Gasteiger partial charge in [-0.2, -0.15) is 0 Å². The van der Waals surface area contributed by atoms with Gasteiger partial charge in [-0.05, 0) is 19.9 Å². The molecule has 0 aliphatic rings. The third kappa shape index (κ3) is 3.60. The van der Waals surface area contributed by atoms with Crippen molar-refractivity contribution >= 4 is 30.9 Å². The average Bonchev–Trinajstić information content (AvgIpc) is 2.49. The highest BCUT2D eigenvalue weighted by atomic mass is 19.1. The summed E-state index contributed by atoms with van der Waals surface area (Å²) in [5, 5.41) is 11.4. The minimum Gasteiger partial charge on any atom is -0.469 e. The molecule has 0 heterocycles. The van der Waals surface area contributed by atoms with E-state index in [2.05, 4.69) is 4.74 Å². The van der Waals surface area contributed by atoms with Crippen LogP contribution in [0.4, 0.5) is 15.8 Å². The molecule has 1 radical (unpaired) electrons. The van der Waals surface area contributed by atoms with E-state index in [0.717, 1.165) is 26.7 Å². The Bertz CT molecular complexity index is 596. The van der Waals surface area contributed by atoms with Crippen LogP contribution >= 0.6 is 0 Å². The lowest BCUT2D eigenvalue weighted by Gasteiger charge is -2.22. The zero-order valence-corrected chi connectivity index (χ0v) is 12.4. The number of esters is 1. The Balaban J connectivity index is 3.57. The van der Waals surface area contributed by atoms with E-state index in [0.29, 0.717) is 6.19 Å². The number of benzene rings is 1. The molecule has 9 heteroatoms. The fraction of sp³-hybridized carbons (Fsp3) is 0.385. The molecule has 1 rings (SSSR count). The average molecular weight is 309 g/mol. The summed E-state index contributed by atoms with van der Waals surface area (Å²) >= 11 is 0. The van der Waals surface area contributed by atoms with Gasteiger partial charge in [-0.15, -0.1) is 0 Å². The summed E-state index contributed by atoms with van der Waals surface area (Å²) in [6.07, 6.45) is 0.446. The first-order chi connectivity index (χ1) is 10.4. The summed E-state index contributed by atoms with van der Waals surface area (Å²) < 4.78 is 18.4. The minimum absolute atomic E-state index is 0.0923. The van der Waals surface area contributed by atoms with Gasteiger partial charge < -0.3 is 14.3 Å². The summed E-state index contributed by atoms with van der Waals surface area (Å²) in [6, 6.07) is 1.88. The molecule has 0 N–H and O–H groups in total. The number of hydrogen-bond acceptors (Lipinski definition) is 6. The first-order valence-corrected chi connectivity index (χ1v) is 6.48. The molecule has 0 saturated heterocycles. The van der Waals surface area contributed by atoms with Crippen molar-refractivity contribution < 1.29 is 23.6 Å². The van der Waals surface area contributed by atoms with E-state index >= 15 is 0 Å². The fourth-order valence-electron chi connectivity index (χ4n) is 2.09. The van der Waals surface area contributed by atoms with Gasteiger partial charge in [0.15, 0.2) is 0 Å². The van der Waals surface area contributed by atoms with Crippen molar-refractivity contribution in [3.05, 3.63) is 33.6 Å². The first kappa shape index (κ1) is 17.6. The number of nitro groups is 1. The topological polar surface area (TPSA) is 89.8 Å². The standard InChI is InChI=1S/C13H15BFN2O5/c1-4-16(14-7-18)11-6-9(15)5-10(12(11)17(20)21)8(2)13(19)22-3/h5-8H,4H2,1-3H3. The molecule has 1 atom stereocenters. The lowest BCUT2D eigenvalue weighted by molar-refractivity contribution is -0.384. The van der Waals surface area contributed by atoms with Crippen LogP contribution in [0.5, 0.6) is 0 Å². The number of nitrogens with zero attached hydrogens (tertiary/aromatic N) is 2. The maximum atomic E-state index is 13.8. The van der Waals surface area contributed by atoms with Gasteiger partial charge in [0.2, 0.25) is 0 Å². The summed E-state index contributed by atoms with van der Waals surface area (Å²) in [5.74, 6) is -2.49. The third-order valence-electron chi connectivity index (χ3n) is 3.18. The van der Waals surface area contributed by atoms with Gasteiger partial charge in [0.25, 0.3) is 5.69 Å². The monoisotopic (exact) mass is 309 g/mol. The molecule has 117 valence electrons. The Kier molecular flexibility index (Phi) is 6.03. The van der Waals surface area contributed by atoms with Crippen molar-refractivity contribution in [2.24, 2.45) is 0 Å². The first-order valence-electron chi connectivity index (χ1n) is 6.48. The highest BCUT2D eigenvalue weighted by Crippen LogP contribution is 2.37. The van der Waals surface area contributed by atoms with Gasteiger partial charge in [0.05, 0.1) is 18.0 Å². The van der Waals surface area contributed by atoms with Crippen molar-refractivity contribution in [1.29, 1.82) is 0 Å². The second-order valence-electron chi connectivity index (χ2n) is 4.44. The van der Waals surface area contributed by atoms with Crippen LogP contribution < -0.4 is 4.81 Å². The number of hydrogen-bond donors (Lipinski definition) is 0. The molecule has 0 fully saturated rings. The van der Waals surface area contributed by atoms with Crippen molar-refractivity contribution in [3.8, 4) is 0 Å². The number of nitro benzene ring substituents is 1. The van der Waals surface area contributed by atoms with Gasteiger partial charge in [-0.25, -0.2) is 4.39 Å². The molecule has 0 aliphatic heterocycles. The van der Waals surface area contributed by atoms with E-state index in [4.69, 9.17) is 0 Å².